The number of ketones is 1. The molecule has 0 radical (unpaired) electrons. The third-order valence-electron chi connectivity index (χ3n) is 2.40. The minimum absolute atomic E-state index is 0.0757. The normalized spacial score (nSPS) is 22.9. The Bertz CT molecular complexity index is 323. The van der Waals surface area contributed by atoms with Gasteiger partial charge in [0.25, 0.3) is 0 Å². The van der Waals surface area contributed by atoms with Gasteiger partial charge >= 0.3 is 0 Å². The Morgan fingerprint density at radius 3 is 2.47 bits per heavy atom. The molecule has 0 aromatic heterocycles. The number of carbonyl (C=O) groups is 1. The van der Waals surface area contributed by atoms with E-state index >= 15 is 0 Å². The van der Waals surface area contributed by atoms with Gasteiger partial charge in [-0.3, -0.25) is 9.79 Å². The summed E-state index contributed by atoms with van der Waals surface area (Å²) in [6.07, 6.45) is 1.92. The van der Waals surface area contributed by atoms with E-state index in [1.165, 1.54) is 0 Å². The van der Waals surface area contributed by atoms with Crippen LogP contribution < -0.4 is 0 Å². The molecule has 1 aliphatic heterocycles. The molecule has 0 aromatic carbocycles. The van der Waals surface area contributed by atoms with E-state index in [-0.39, 0.29) is 17.2 Å². The summed E-state index contributed by atoms with van der Waals surface area (Å²) in [6.45, 7) is 9.79. The molecule has 0 bridgehead atoms. The third-order valence-corrected chi connectivity index (χ3v) is 3.41. The number of thioether (sulfide) groups is 1. The van der Waals surface area contributed by atoms with Crippen LogP contribution in [0.4, 0.5) is 0 Å². The topological polar surface area (TPSA) is 29.4 Å². The molecule has 0 amide bonds. The van der Waals surface area contributed by atoms with E-state index in [1.807, 2.05) is 40.7 Å². The molecular weight excluding hydrogens is 206 g/mol. The van der Waals surface area contributed by atoms with E-state index in [0.29, 0.717) is 0 Å². The first kappa shape index (κ1) is 12.5. The van der Waals surface area contributed by atoms with Gasteiger partial charge in [0.05, 0.1) is 11.1 Å². The van der Waals surface area contributed by atoms with Gasteiger partial charge in [0.2, 0.25) is 0 Å². The number of aliphatic imine (C=N–C) groups is 1. The summed E-state index contributed by atoms with van der Waals surface area (Å²) in [5.41, 5.74) is 0.560. The maximum absolute atomic E-state index is 12.1. The Hall–Kier alpha value is -0.570. The number of allylic oxidation sites excluding steroid dienone is 1. The Balaban J connectivity index is 2.88. The smallest absolute Gasteiger partial charge is 0.166 e. The van der Waals surface area contributed by atoms with Gasteiger partial charge in [-0.1, -0.05) is 26.8 Å². The Morgan fingerprint density at radius 2 is 2.13 bits per heavy atom. The van der Waals surface area contributed by atoms with E-state index in [2.05, 4.69) is 4.99 Å². The van der Waals surface area contributed by atoms with Crippen molar-refractivity contribution in [3.05, 3.63) is 11.6 Å². The van der Waals surface area contributed by atoms with Crippen molar-refractivity contribution in [2.75, 3.05) is 5.75 Å². The highest BCUT2D eigenvalue weighted by Gasteiger charge is 2.30. The van der Waals surface area contributed by atoms with Crippen LogP contribution in [0, 0.1) is 5.41 Å². The molecule has 2 nitrogen and oxygen atoms in total. The fourth-order valence-corrected chi connectivity index (χ4v) is 2.42. The molecular formula is C12H19NOS. The van der Waals surface area contributed by atoms with Crippen LogP contribution in [0.2, 0.25) is 0 Å². The molecule has 84 valence electrons. The van der Waals surface area contributed by atoms with Crippen molar-refractivity contribution in [3.63, 3.8) is 0 Å². The quantitative estimate of drug-likeness (QED) is 0.676. The Morgan fingerprint density at radius 1 is 1.53 bits per heavy atom. The van der Waals surface area contributed by atoms with Crippen molar-refractivity contribution >= 4 is 22.6 Å². The lowest BCUT2D eigenvalue weighted by atomic mass is 9.84. The predicted molar refractivity (Wildman–Crippen MR) is 67.6 cm³/mol. The lowest BCUT2D eigenvalue weighted by Gasteiger charge is -2.21. The van der Waals surface area contributed by atoms with Crippen molar-refractivity contribution in [1.29, 1.82) is 0 Å². The molecule has 0 fully saturated rings. The molecule has 0 spiro atoms. The lowest BCUT2D eigenvalue weighted by molar-refractivity contribution is -0.122. The first-order valence-electron chi connectivity index (χ1n) is 5.24. The van der Waals surface area contributed by atoms with Crippen LogP contribution >= 0.6 is 11.8 Å². The monoisotopic (exact) mass is 225 g/mol. The van der Waals surface area contributed by atoms with E-state index in [4.69, 9.17) is 0 Å². The molecule has 0 aromatic rings. The van der Waals surface area contributed by atoms with Gasteiger partial charge in [0.1, 0.15) is 0 Å². The van der Waals surface area contributed by atoms with Crippen LogP contribution in [-0.4, -0.2) is 22.6 Å². The number of nitrogens with zero attached hydrogens (tertiary/aromatic N) is 1. The third kappa shape index (κ3) is 2.94. The zero-order valence-corrected chi connectivity index (χ0v) is 10.9. The van der Waals surface area contributed by atoms with Gasteiger partial charge in [-0.15, -0.1) is 11.8 Å². The van der Waals surface area contributed by atoms with Crippen LogP contribution in [-0.2, 0) is 4.79 Å². The number of Topliss-reactive ketones (excluding diaryl/α,β-unsaturated/α-hetero) is 1. The van der Waals surface area contributed by atoms with E-state index in [1.54, 1.807) is 11.8 Å². The molecule has 1 aliphatic rings. The van der Waals surface area contributed by atoms with Gasteiger partial charge in [-0.25, -0.2) is 0 Å². The summed E-state index contributed by atoms with van der Waals surface area (Å²) in [7, 11) is 0. The first-order valence-corrected chi connectivity index (χ1v) is 6.23. The SMILES string of the molecule is C/C=C(\C(=O)C(C)(C)C)C1CSC(C)=N1. The lowest BCUT2D eigenvalue weighted by Crippen LogP contribution is -2.27. The summed E-state index contributed by atoms with van der Waals surface area (Å²) in [5.74, 6) is 1.13. The molecule has 1 unspecified atom stereocenters. The summed E-state index contributed by atoms with van der Waals surface area (Å²) in [4.78, 5) is 16.6. The zero-order valence-electron chi connectivity index (χ0n) is 10.1. The van der Waals surface area contributed by atoms with Crippen LogP contribution in [0.25, 0.3) is 0 Å². The second kappa shape index (κ2) is 4.52. The molecule has 1 heterocycles. The average molecular weight is 225 g/mol. The molecule has 1 rings (SSSR count). The molecule has 15 heavy (non-hydrogen) atoms. The predicted octanol–water partition coefficient (Wildman–Crippen LogP) is 3.08. The second-order valence-corrected chi connectivity index (χ2v) is 6.01. The Kier molecular flexibility index (Phi) is 3.77. The number of carbonyl (C=O) groups excluding carboxylic acids is 1. The fourth-order valence-electron chi connectivity index (χ4n) is 1.56. The average Bonchev–Trinajstić information content (AvgIpc) is 2.51. The minimum Gasteiger partial charge on any atom is -0.294 e. The zero-order chi connectivity index (χ0) is 11.6. The molecule has 1 atom stereocenters. The Labute approximate surface area is 96.2 Å². The summed E-state index contributed by atoms with van der Waals surface area (Å²) in [6, 6.07) is 0.0757. The standard InChI is InChI=1S/C12H19NOS/c1-6-9(11(14)12(3,4)5)10-7-15-8(2)13-10/h6,10H,7H2,1-5H3/b9-6-. The van der Waals surface area contributed by atoms with Crippen LogP contribution in [0.15, 0.2) is 16.6 Å². The first-order chi connectivity index (χ1) is 6.86. The fraction of sp³-hybridized carbons (Fsp3) is 0.667. The van der Waals surface area contributed by atoms with Crippen molar-refractivity contribution in [2.45, 2.75) is 40.7 Å². The van der Waals surface area contributed by atoms with Crippen LogP contribution in [0.1, 0.15) is 34.6 Å². The van der Waals surface area contributed by atoms with Gasteiger partial charge in [-0.2, -0.15) is 0 Å². The van der Waals surface area contributed by atoms with Gasteiger partial charge < -0.3 is 0 Å². The van der Waals surface area contributed by atoms with Crippen molar-refractivity contribution in [1.82, 2.24) is 0 Å². The van der Waals surface area contributed by atoms with Crippen molar-refractivity contribution in [3.8, 4) is 0 Å². The molecule has 3 heteroatoms. The van der Waals surface area contributed by atoms with Crippen molar-refractivity contribution < 1.29 is 4.79 Å². The van der Waals surface area contributed by atoms with Gasteiger partial charge in [-0.05, 0) is 13.8 Å². The highest BCUT2D eigenvalue weighted by atomic mass is 32.2. The highest BCUT2D eigenvalue weighted by Crippen LogP contribution is 2.28. The van der Waals surface area contributed by atoms with Crippen LogP contribution in [0.3, 0.4) is 0 Å². The highest BCUT2D eigenvalue weighted by molar-refractivity contribution is 8.14. The number of hydrogen-bond donors (Lipinski definition) is 0. The van der Waals surface area contributed by atoms with Gasteiger partial charge in [0, 0.05) is 16.7 Å². The summed E-state index contributed by atoms with van der Waals surface area (Å²) < 4.78 is 0. The molecule has 0 saturated heterocycles. The largest absolute Gasteiger partial charge is 0.294 e. The van der Waals surface area contributed by atoms with E-state index in [0.717, 1.165) is 16.4 Å². The molecule has 0 aliphatic carbocycles. The molecule has 0 N–H and O–H groups in total. The summed E-state index contributed by atoms with van der Waals surface area (Å²) in [5, 5.41) is 1.08. The van der Waals surface area contributed by atoms with E-state index in [9.17, 15) is 4.79 Å². The number of rotatable bonds is 2. The van der Waals surface area contributed by atoms with Crippen LogP contribution in [0.5, 0.6) is 0 Å². The van der Waals surface area contributed by atoms with Gasteiger partial charge in [0.15, 0.2) is 5.78 Å². The van der Waals surface area contributed by atoms with Crippen molar-refractivity contribution in [2.24, 2.45) is 10.4 Å². The van der Waals surface area contributed by atoms with E-state index < -0.39 is 0 Å². The maximum atomic E-state index is 12.1. The summed E-state index contributed by atoms with van der Waals surface area (Å²) >= 11 is 1.73. The second-order valence-electron chi connectivity index (χ2n) is 4.80. The molecule has 0 saturated carbocycles. The maximum Gasteiger partial charge on any atom is 0.166 e. The minimum atomic E-state index is -0.307. The number of hydrogen-bond acceptors (Lipinski definition) is 3.